The normalized spacial score (nSPS) is 29.7. The SMILES string of the molecule is CCn1cc([C@H]2OCCC[C@@H]2NC[C@@H]2CC=CCC2)cn1. The van der Waals surface area contributed by atoms with Gasteiger partial charge in [-0.25, -0.2) is 0 Å². The predicted molar refractivity (Wildman–Crippen MR) is 84.1 cm³/mol. The van der Waals surface area contributed by atoms with E-state index in [9.17, 15) is 0 Å². The van der Waals surface area contributed by atoms with Gasteiger partial charge in [-0.3, -0.25) is 4.68 Å². The number of nitrogens with one attached hydrogen (secondary N) is 1. The first-order chi connectivity index (χ1) is 10.4. The zero-order valence-corrected chi connectivity index (χ0v) is 13.0. The summed E-state index contributed by atoms with van der Waals surface area (Å²) in [6.45, 7) is 5.01. The van der Waals surface area contributed by atoms with Gasteiger partial charge in [0.15, 0.2) is 0 Å². The Hall–Kier alpha value is -1.13. The number of nitrogens with zero attached hydrogens (tertiary/aromatic N) is 2. The molecule has 0 aromatic carbocycles. The molecule has 1 aliphatic heterocycles. The van der Waals surface area contributed by atoms with Crippen molar-refractivity contribution < 1.29 is 4.74 Å². The molecule has 21 heavy (non-hydrogen) atoms. The summed E-state index contributed by atoms with van der Waals surface area (Å²) in [6.07, 6.45) is 15.0. The van der Waals surface area contributed by atoms with Gasteiger partial charge in [0.2, 0.25) is 0 Å². The Morgan fingerprint density at radius 2 is 2.33 bits per heavy atom. The summed E-state index contributed by atoms with van der Waals surface area (Å²) < 4.78 is 8.03. The monoisotopic (exact) mass is 289 g/mol. The second-order valence-electron chi connectivity index (χ2n) is 6.23. The number of hydrogen-bond donors (Lipinski definition) is 1. The molecule has 1 saturated heterocycles. The molecule has 2 heterocycles. The molecule has 1 aliphatic carbocycles. The lowest BCUT2D eigenvalue weighted by Gasteiger charge is -2.33. The molecule has 4 heteroatoms. The van der Waals surface area contributed by atoms with E-state index in [0.717, 1.165) is 32.0 Å². The quantitative estimate of drug-likeness (QED) is 0.847. The Labute approximate surface area is 127 Å². The summed E-state index contributed by atoms with van der Waals surface area (Å²) in [7, 11) is 0. The van der Waals surface area contributed by atoms with Crippen LogP contribution < -0.4 is 5.32 Å². The lowest BCUT2D eigenvalue weighted by molar-refractivity contribution is -0.0117. The van der Waals surface area contributed by atoms with Gasteiger partial charge < -0.3 is 10.1 Å². The van der Waals surface area contributed by atoms with Crippen LogP contribution in [0.5, 0.6) is 0 Å². The Morgan fingerprint density at radius 3 is 3.10 bits per heavy atom. The highest BCUT2D eigenvalue weighted by Crippen LogP contribution is 2.29. The minimum Gasteiger partial charge on any atom is -0.372 e. The van der Waals surface area contributed by atoms with Gasteiger partial charge in [-0.2, -0.15) is 5.10 Å². The first-order valence-corrected chi connectivity index (χ1v) is 8.39. The fraction of sp³-hybridized carbons (Fsp3) is 0.706. The number of allylic oxidation sites excluding steroid dienone is 2. The number of aromatic nitrogens is 2. The molecule has 3 rings (SSSR count). The molecule has 0 spiro atoms. The van der Waals surface area contributed by atoms with E-state index in [4.69, 9.17) is 4.74 Å². The highest BCUT2D eigenvalue weighted by molar-refractivity contribution is 5.12. The van der Waals surface area contributed by atoms with Gasteiger partial charge in [-0.15, -0.1) is 0 Å². The molecule has 1 N–H and O–H groups in total. The number of hydrogen-bond acceptors (Lipinski definition) is 3. The molecule has 116 valence electrons. The first-order valence-electron chi connectivity index (χ1n) is 8.39. The zero-order chi connectivity index (χ0) is 14.5. The molecule has 0 amide bonds. The van der Waals surface area contributed by atoms with Crippen LogP contribution in [-0.2, 0) is 11.3 Å². The van der Waals surface area contributed by atoms with Gasteiger partial charge in [0.05, 0.1) is 6.20 Å². The highest BCUT2D eigenvalue weighted by Gasteiger charge is 2.28. The largest absolute Gasteiger partial charge is 0.372 e. The van der Waals surface area contributed by atoms with Crippen LogP contribution in [0.4, 0.5) is 0 Å². The van der Waals surface area contributed by atoms with Crippen LogP contribution in [0.3, 0.4) is 0 Å². The Kier molecular flexibility index (Phi) is 5.09. The van der Waals surface area contributed by atoms with Crippen molar-refractivity contribution in [3.63, 3.8) is 0 Å². The van der Waals surface area contributed by atoms with Crippen molar-refractivity contribution in [3.05, 3.63) is 30.1 Å². The maximum Gasteiger partial charge on any atom is 0.101 e. The maximum absolute atomic E-state index is 6.04. The van der Waals surface area contributed by atoms with E-state index < -0.39 is 0 Å². The summed E-state index contributed by atoms with van der Waals surface area (Å²) in [6, 6.07) is 0.430. The van der Waals surface area contributed by atoms with E-state index in [-0.39, 0.29) is 6.10 Å². The topological polar surface area (TPSA) is 39.1 Å². The number of ether oxygens (including phenoxy) is 1. The average Bonchev–Trinajstić information content (AvgIpc) is 3.03. The molecular weight excluding hydrogens is 262 g/mol. The van der Waals surface area contributed by atoms with Gasteiger partial charge in [-0.05, 0) is 51.5 Å². The molecular formula is C17H27N3O. The fourth-order valence-electron chi connectivity index (χ4n) is 3.38. The molecule has 0 bridgehead atoms. The molecule has 1 aromatic rings. The van der Waals surface area contributed by atoms with Crippen LogP contribution in [0.15, 0.2) is 24.5 Å². The standard InChI is InChI=1S/C17H27N3O/c1-2-20-13-15(12-19-20)17-16(9-6-10-21-17)18-11-14-7-4-3-5-8-14/h3-4,12-14,16-18H,2,5-11H2,1H3/t14-,16+,17-/m1/s1. The Bertz CT molecular complexity index is 468. The van der Waals surface area contributed by atoms with Gasteiger partial charge in [-0.1, -0.05) is 12.2 Å². The van der Waals surface area contributed by atoms with Crippen molar-refractivity contribution in [2.75, 3.05) is 13.2 Å². The van der Waals surface area contributed by atoms with E-state index in [1.807, 2.05) is 10.9 Å². The van der Waals surface area contributed by atoms with Crippen molar-refractivity contribution in [2.24, 2.45) is 5.92 Å². The Balaban J connectivity index is 1.59. The van der Waals surface area contributed by atoms with E-state index >= 15 is 0 Å². The van der Waals surface area contributed by atoms with E-state index in [1.165, 1.54) is 31.2 Å². The number of aryl methyl sites for hydroxylation is 1. The van der Waals surface area contributed by atoms with Crippen LogP contribution in [0.25, 0.3) is 0 Å². The van der Waals surface area contributed by atoms with Crippen molar-refractivity contribution >= 4 is 0 Å². The third-order valence-electron chi connectivity index (χ3n) is 4.67. The Morgan fingerprint density at radius 1 is 1.38 bits per heavy atom. The second-order valence-corrected chi connectivity index (χ2v) is 6.23. The van der Waals surface area contributed by atoms with Crippen molar-refractivity contribution in [1.29, 1.82) is 0 Å². The molecule has 3 atom stereocenters. The summed E-state index contributed by atoms with van der Waals surface area (Å²) in [5, 5.41) is 8.17. The summed E-state index contributed by atoms with van der Waals surface area (Å²) in [4.78, 5) is 0. The lowest BCUT2D eigenvalue weighted by atomic mass is 9.92. The average molecular weight is 289 g/mol. The molecule has 0 unspecified atom stereocenters. The molecule has 0 saturated carbocycles. The van der Waals surface area contributed by atoms with Crippen LogP contribution >= 0.6 is 0 Å². The third-order valence-corrected chi connectivity index (χ3v) is 4.67. The summed E-state index contributed by atoms with van der Waals surface area (Å²) in [5.41, 5.74) is 1.22. The van der Waals surface area contributed by atoms with Crippen molar-refractivity contribution in [2.45, 2.75) is 57.7 Å². The fourth-order valence-corrected chi connectivity index (χ4v) is 3.38. The van der Waals surface area contributed by atoms with E-state index in [1.54, 1.807) is 0 Å². The van der Waals surface area contributed by atoms with Crippen molar-refractivity contribution in [1.82, 2.24) is 15.1 Å². The van der Waals surface area contributed by atoms with Gasteiger partial charge in [0, 0.05) is 31.0 Å². The minimum atomic E-state index is 0.165. The van der Waals surface area contributed by atoms with E-state index in [2.05, 4.69) is 35.7 Å². The van der Waals surface area contributed by atoms with E-state index in [0.29, 0.717) is 6.04 Å². The lowest BCUT2D eigenvalue weighted by Crippen LogP contribution is -2.41. The second kappa shape index (κ2) is 7.23. The van der Waals surface area contributed by atoms with Crippen LogP contribution in [0.1, 0.15) is 50.7 Å². The molecule has 2 aliphatic rings. The van der Waals surface area contributed by atoms with Crippen LogP contribution in [-0.4, -0.2) is 29.0 Å². The van der Waals surface area contributed by atoms with Gasteiger partial charge >= 0.3 is 0 Å². The smallest absolute Gasteiger partial charge is 0.101 e. The van der Waals surface area contributed by atoms with Gasteiger partial charge in [0.1, 0.15) is 6.10 Å². The van der Waals surface area contributed by atoms with Gasteiger partial charge in [0.25, 0.3) is 0 Å². The zero-order valence-electron chi connectivity index (χ0n) is 13.0. The molecule has 4 nitrogen and oxygen atoms in total. The molecule has 1 aromatic heterocycles. The number of rotatable bonds is 5. The summed E-state index contributed by atoms with van der Waals surface area (Å²) in [5.74, 6) is 0.788. The molecule has 1 fully saturated rings. The van der Waals surface area contributed by atoms with Crippen LogP contribution in [0, 0.1) is 5.92 Å². The highest BCUT2D eigenvalue weighted by atomic mass is 16.5. The maximum atomic E-state index is 6.04. The predicted octanol–water partition coefficient (Wildman–Crippen LogP) is 3.07. The molecule has 0 radical (unpaired) electrons. The third kappa shape index (κ3) is 3.74. The van der Waals surface area contributed by atoms with Crippen molar-refractivity contribution in [3.8, 4) is 0 Å². The minimum absolute atomic E-state index is 0.165. The summed E-state index contributed by atoms with van der Waals surface area (Å²) >= 11 is 0. The first kappa shape index (κ1) is 14.8. The van der Waals surface area contributed by atoms with Crippen LogP contribution in [0.2, 0.25) is 0 Å².